The molecule has 0 amide bonds. The van der Waals surface area contributed by atoms with Gasteiger partial charge in [0, 0.05) is 29.8 Å². The average Bonchev–Trinajstić information content (AvgIpc) is 3.08. The van der Waals surface area contributed by atoms with Crippen LogP contribution in [0.2, 0.25) is 0 Å². The van der Waals surface area contributed by atoms with Crippen molar-refractivity contribution in [1.29, 1.82) is 0 Å². The lowest BCUT2D eigenvalue weighted by Crippen LogP contribution is -2.17. The second-order valence-corrected chi connectivity index (χ2v) is 7.06. The van der Waals surface area contributed by atoms with Crippen molar-refractivity contribution in [3.8, 4) is 5.75 Å². The molecule has 27 heavy (non-hydrogen) atoms. The van der Waals surface area contributed by atoms with Gasteiger partial charge in [-0.2, -0.15) is 0 Å². The van der Waals surface area contributed by atoms with E-state index in [1.807, 2.05) is 51.2 Å². The molecule has 5 nitrogen and oxygen atoms in total. The molecule has 1 N–H and O–H groups in total. The van der Waals surface area contributed by atoms with Gasteiger partial charge in [-0.3, -0.25) is 4.79 Å². The highest BCUT2D eigenvalue weighted by molar-refractivity contribution is 5.82. The number of hydrogen-bond acceptors (Lipinski definition) is 4. The lowest BCUT2D eigenvalue weighted by Gasteiger charge is -2.14. The van der Waals surface area contributed by atoms with Crippen molar-refractivity contribution < 1.29 is 19.0 Å². The molecule has 0 atom stereocenters. The van der Waals surface area contributed by atoms with Crippen LogP contribution in [0.5, 0.6) is 5.75 Å². The summed E-state index contributed by atoms with van der Waals surface area (Å²) in [7, 11) is 1.69. The number of H-pyrrole nitrogens is 1. The van der Waals surface area contributed by atoms with E-state index in [0.717, 1.165) is 27.8 Å². The average molecular weight is 369 g/mol. The van der Waals surface area contributed by atoms with Gasteiger partial charge in [0.05, 0.1) is 6.61 Å². The fourth-order valence-corrected chi connectivity index (χ4v) is 2.41. The summed E-state index contributed by atoms with van der Waals surface area (Å²) in [6.07, 6.45) is 1.93. The van der Waals surface area contributed by atoms with Crippen LogP contribution in [0.15, 0.2) is 54.7 Å². The number of aromatic amines is 1. The van der Waals surface area contributed by atoms with Crippen molar-refractivity contribution in [3.05, 3.63) is 65.9 Å². The molecule has 0 aliphatic carbocycles. The van der Waals surface area contributed by atoms with E-state index in [0.29, 0.717) is 19.7 Å². The van der Waals surface area contributed by atoms with E-state index >= 15 is 0 Å². The van der Waals surface area contributed by atoms with Crippen LogP contribution in [0.3, 0.4) is 0 Å². The Morgan fingerprint density at radius 1 is 1.04 bits per heavy atom. The van der Waals surface area contributed by atoms with Crippen molar-refractivity contribution in [1.82, 2.24) is 4.98 Å². The summed E-state index contributed by atoms with van der Waals surface area (Å²) in [6.45, 7) is 7.02. The van der Waals surface area contributed by atoms with Crippen molar-refractivity contribution in [2.75, 3.05) is 7.11 Å². The molecule has 0 aliphatic rings. The molecule has 3 aromatic rings. The predicted octanol–water partition coefficient (Wildman–Crippen LogP) is 4.85. The third-order valence-electron chi connectivity index (χ3n) is 3.67. The number of carbonyl (C=O) groups excluding carboxylic acids is 1. The van der Waals surface area contributed by atoms with Crippen LogP contribution < -0.4 is 4.74 Å². The summed E-state index contributed by atoms with van der Waals surface area (Å²) in [6, 6.07) is 16.3. The van der Waals surface area contributed by atoms with Crippen molar-refractivity contribution in [2.45, 2.75) is 39.6 Å². The maximum Gasteiger partial charge on any atom is 0.293 e. The Bertz CT molecular complexity index is 834. The Morgan fingerprint density at radius 2 is 1.78 bits per heavy atom. The molecule has 2 aromatic carbocycles. The van der Waals surface area contributed by atoms with Gasteiger partial charge >= 0.3 is 0 Å². The number of fused-ring (bicyclic) bond motifs is 1. The summed E-state index contributed by atoms with van der Waals surface area (Å²) in [5.41, 5.74) is 2.99. The van der Waals surface area contributed by atoms with Gasteiger partial charge in [-0.1, -0.05) is 30.3 Å². The first-order valence-electron chi connectivity index (χ1n) is 8.80. The summed E-state index contributed by atoms with van der Waals surface area (Å²) in [5.74, 6) is 0.878. The Labute approximate surface area is 160 Å². The van der Waals surface area contributed by atoms with Gasteiger partial charge in [-0.15, -0.1) is 0 Å². The smallest absolute Gasteiger partial charge is 0.293 e. The number of benzene rings is 2. The number of aromatic nitrogens is 1. The second-order valence-electron chi connectivity index (χ2n) is 7.06. The lowest BCUT2D eigenvalue weighted by molar-refractivity contribution is -0.138. The van der Waals surface area contributed by atoms with Gasteiger partial charge in [-0.25, -0.2) is 0 Å². The monoisotopic (exact) mass is 369 g/mol. The maximum absolute atomic E-state index is 9.60. The summed E-state index contributed by atoms with van der Waals surface area (Å²) in [4.78, 5) is 12.8. The van der Waals surface area contributed by atoms with Gasteiger partial charge in [0.15, 0.2) is 0 Å². The van der Waals surface area contributed by atoms with Crippen LogP contribution >= 0.6 is 0 Å². The first-order chi connectivity index (χ1) is 12.9. The molecular formula is C22H27NO4. The zero-order chi connectivity index (χ0) is 19.7. The number of hydrogen-bond donors (Lipinski definition) is 1. The predicted molar refractivity (Wildman–Crippen MR) is 107 cm³/mol. The quantitative estimate of drug-likeness (QED) is 0.631. The SMILES string of the molecule is CC(C)(C)OC=O.COCc1cc2[nH]ccc2cc1OCc1ccccc1. The number of methoxy groups -OCH3 is 1. The van der Waals surface area contributed by atoms with Gasteiger partial charge in [-0.05, 0) is 44.5 Å². The number of carbonyl (C=O) groups is 1. The van der Waals surface area contributed by atoms with Crippen molar-refractivity contribution >= 4 is 17.4 Å². The zero-order valence-electron chi connectivity index (χ0n) is 16.3. The molecule has 0 aliphatic heterocycles. The van der Waals surface area contributed by atoms with E-state index in [2.05, 4.69) is 34.0 Å². The highest BCUT2D eigenvalue weighted by atomic mass is 16.5. The van der Waals surface area contributed by atoms with Crippen LogP contribution in [0.1, 0.15) is 31.9 Å². The summed E-state index contributed by atoms with van der Waals surface area (Å²) < 4.78 is 15.8. The second kappa shape index (κ2) is 9.78. The lowest BCUT2D eigenvalue weighted by atomic mass is 10.1. The molecule has 0 spiro atoms. The molecule has 0 fully saturated rings. The molecule has 0 saturated carbocycles. The first-order valence-corrected chi connectivity index (χ1v) is 8.80. The molecule has 0 bridgehead atoms. The molecule has 1 aromatic heterocycles. The van der Waals surface area contributed by atoms with E-state index in [4.69, 9.17) is 9.47 Å². The topological polar surface area (TPSA) is 60.5 Å². The minimum Gasteiger partial charge on any atom is -0.489 e. The molecule has 3 rings (SSSR count). The molecule has 1 heterocycles. The fourth-order valence-electron chi connectivity index (χ4n) is 2.41. The van der Waals surface area contributed by atoms with E-state index < -0.39 is 0 Å². The van der Waals surface area contributed by atoms with Gasteiger partial charge in [0.25, 0.3) is 6.47 Å². The van der Waals surface area contributed by atoms with Crippen molar-refractivity contribution in [2.24, 2.45) is 0 Å². The number of ether oxygens (including phenoxy) is 3. The highest BCUT2D eigenvalue weighted by Gasteiger charge is 2.08. The van der Waals surface area contributed by atoms with E-state index in [1.54, 1.807) is 7.11 Å². The van der Waals surface area contributed by atoms with E-state index in [1.165, 1.54) is 0 Å². The summed E-state index contributed by atoms with van der Waals surface area (Å²) >= 11 is 0. The van der Waals surface area contributed by atoms with Crippen LogP contribution in [-0.2, 0) is 27.5 Å². The van der Waals surface area contributed by atoms with Crippen molar-refractivity contribution in [3.63, 3.8) is 0 Å². The third-order valence-corrected chi connectivity index (χ3v) is 3.67. The Hall–Kier alpha value is -2.79. The van der Waals surface area contributed by atoms with Crippen LogP contribution in [0.25, 0.3) is 10.9 Å². The largest absolute Gasteiger partial charge is 0.489 e. The van der Waals surface area contributed by atoms with Gasteiger partial charge < -0.3 is 19.2 Å². The fraction of sp³-hybridized carbons (Fsp3) is 0.318. The molecule has 0 unspecified atom stereocenters. The standard InChI is InChI=1S/C17H17NO2.C5H10O2/c1-19-12-15-9-16-14(7-8-18-16)10-17(15)20-11-13-5-3-2-4-6-13;1-5(2,3)7-4-6/h2-10,18H,11-12H2,1H3;4H,1-3H3. The number of nitrogens with one attached hydrogen (secondary N) is 1. The summed E-state index contributed by atoms with van der Waals surface area (Å²) in [5, 5.41) is 1.15. The first kappa shape index (κ1) is 20.5. The minimum atomic E-state index is -0.318. The Balaban J connectivity index is 0.000000321. The zero-order valence-corrected chi connectivity index (χ0v) is 16.3. The minimum absolute atomic E-state index is 0.318. The molecule has 0 saturated heterocycles. The van der Waals surface area contributed by atoms with Gasteiger partial charge in [0.2, 0.25) is 0 Å². The van der Waals surface area contributed by atoms with Crippen LogP contribution in [-0.4, -0.2) is 24.2 Å². The van der Waals surface area contributed by atoms with Gasteiger partial charge in [0.1, 0.15) is 18.0 Å². The molecule has 144 valence electrons. The van der Waals surface area contributed by atoms with E-state index in [9.17, 15) is 4.79 Å². The third kappa shape index (κ3) is 6.79. The highest BCUT2D eigenvalue weighted by Crippen LogP contribution is 2.27. The van der Waals surface area contributed by atoms with Crippen LogP contribution in [0, 0.1) is 0 Å². The van der Waals surface area contributed by atoms with Crippen LogP contribution in [0.4, 0.5) is 0 Å². The molecular weight excluding hydrogens is 342 g/mol. The Kier molecular flexibility index (Phi) is 7.44. The molecule has 5 heteroatoms. The van der Waals surface area contributed by atoms with E-state index in [-0.39, 0.29) is 5.60 Å². The Morgan fingerprint density at radius 3 is 2.37 bits per heavy atom. The number of rotatable bonds is 6. The molecule has 0 radical (unpaired) electrons. The maximum atomic E-state index is 9.60. The normalized spacial score (nSPS) is 10.8.